The number of ether oxygens (including phenoxy) is 1. The Labute approximate surface area is 181 Å². The van der Waals surface area contributed by atoms with Crippen molar-refractivity contribution in [1.29, 1.82) is 0 Å². The van der Waals surface area contributed by atoms with Crippen molar-refractivity contribution in [3.8, 4) is 0 Å². The van der Waals surface area contributed by atoms with Crippen LogP contribution in [0.25, 0.3) is 10.8 Å². The van der Waals surface area contributed by atoms with Gasteiger partial charge >= 0.3 is 0 Å². The van der Waals surface area contributed by atoms with Gasteiger partial charge in [-0.05, 0) is 36.6 Å². The van der Waals surface area contributed by atoms with Crippen LogP contribution in [0.5, 0.6) is 0 Å². The van der Waals surface area contributed by atoms with Gasteiger partial charge in [0, 0.05) is 5.39 Å². The fourth-order valence-corrected chi connectivity index (χ4v) is 3.86. The van der Waals surface area contributed by atoms with Gasteiger partial charge in [0.1, 0.15) is 6.10 Å². The Morgan fingerprint density at radius 1 is 0.903 bits per heavy atom. The van der Waals surface area contributed by atoms with Gasteiger partial charge in [-0.1, -0.05) is 72.8 Å². The lowest BCUT2D eigenvalue weighted by molar-refractivity contribution is -0.00262. The second kappa shape index (κ2) is 9.25. The molecule has 0 saturated carbocycles. The zero-order valence-electron chi connectivity index (χ0n) is 17.7. The molecule has 0 unspecified atom stereocenters. The topological polar surface area (TPSA) is 64.3 Å². The van der Waals surface area contributed by atoms with Crippen LogP contribution >= 0.6 is 0 Å². The van der Waals surface area contributed by atoms with E-state index in [1.807, 2.05) is 86.6 Å². The Morgan fingerprint density at radius 2 is 1.55 bits per heavy atom. The Morgan fingerprint density at radius 3 is 2.29 bits per heavy atom. The minimum absolute atomic E-state index is 0.0692. The summed E-state index contributed by atoms with van der Waals surface area (Å²) in [5.41, 5.74) is 3.73. The van der Waals surface area contributed by atoms with E-state index in [1.54, 1.807) is 6.07 Å². The van der Waals surface area contributed by atoms with Gasteiger partial charge in [0.15, 0.2) is 0 Å². The van der Waals surface area contributed by atoms with Crippen LogP contribution in [0.15, 0.2) is 83.7 Å². The highest BCUT2D eigenvalue weighted by atomic mass is 16.5. The highest BCUT2D eigenvalue weighted by Crippen LogP contribution is 2.28. The predicted octanol–water partition coefficient (Wildman–Crippen LogP) is 4.18. The third-order valence-electron chi connectivity index (χ3n) is 5.46. The maximum atomic E-state index is 12.8. The van der Waals surface area contributed by atoms with Crippen molar-refractivity contribution >= 4 is 10.8 Å². The normalized spacial score (nSPS) is 13.3. The predicted molar refractivity (Wildman–Crippen MR) is 122 cm³/mol. The van der Waals surface area contributed by atoms with Crippen LogP contribution in [0.3, 0.4) is 0 Å². The Bertz CT molecular complexity index is 1230. The third kappa shape index (κ3) is 4.58. The number of aliphatic hydroxyl groups is 1. The molecule has 5 heteroatoms. The molecule has 5 nitrogen and oxygen atoms in total. The average molecular weight is 415 g/mol. The zero-order chi connectivity index (χ0) is 21.8. The van der Waals surface area contributed by atoms with Crippen LogP contribution in [0, 0.1) is 13.8 Å². The van der Waals surface area contributed by atoms with Crippen LogP contribution in [0.1, 0.15) is 28.5 Å². The van der Waals surface area contributed by atoms with Crippen LogP contribution in [0.4, 0.5) is 0 Å². The molecule has 0 aliphatic heterocycles. The van der Waals surface area contributed by atoms with Gasteiger partial charge in [0.25, 0.3) is 5.56 Å². The quantitative estimate of drug-likeness (QED) is 0.493. The summed E-state index contributed by atoms with van der Waals surface area (Å²) in [5, 5.41) is 16.5. The molecule has 4 rings (SSSR count). The first-order chi connectivity index (χ1) is 15.0. The molecular weight excluding hydrogens is 388 g/mol. The summed E-state index contributed by atoms with van der Waals surface area (Å²) in [7, 11) is 0. The number of benzene rings is 3. The Balaban J connectivity index is 1.55. The van der Waals surface area contributed by atoms with Gasteiger partial charge in [0.2, 0.25) is 0 Å². The fourth-order valence-electron chi connectivity index (χ4n) is 3.86. The van der Waals surface area contributed by atoms with Crippen molar-refractivity contribution < 1.29 is 9.84 Å². The summed E-state index contributed by atoms with van der Waals surface area (Å²) in [6.45, 7) is 4.06. The zero-order valence-corrected chi connectivity index (χ0v) is 17.7. The Kier molecular flexibility index (Phi) is 6.26. The molecule has 4 aromatic rings. The number of aliphatic hydroxyl groups excluding tert-OH is 1. The number of aromatic nitrogens is 2. The van der Waals surface area contributed by atoms with Crippen LogP contribution in [0.2, 0.25) is 0 Å². The van der Waals surface area contributed by atoms with Gasteiger partial charge < -0.3 is 9.84 Å². The van der Waals surface area contributed by atoms with Gasteiger partial charge in [-0.25, -0.2) is 4.68 Å². The number of nitrogens with zero attached hydrogens (tertiary/aromatic N) is 2. The highest BCUT2D eigenvalue weighted by Gasteiger charge is 2.19. The van der Waals surface area contributed by atoms with E-state index < -0.39 is 6.10 Å². The largest absolute Gasteiger partial charge is 0.389 e. The molecule has 31 heavy (non-hydrogen) atoms. The molecule has 0 fully saturated rings. The summed E-state index contributed by atoms with van der Waals surface area (Å²) < 4.78 is 7.52. The summed E-state index contributed by atoms with van der Waals surface area (Å²) in [4.78, 5) is 12.8. The second-order valence-electron chi connectivity index (χ2n) is 7.75. The third-order valence-corrected chi connectivity index (χ3v) is 5.46. The lowest BCUT2D eigenvalue weighted by atomic mass is 9.97. The van der Waals surface area contributed by atoms with E-state index >= 15 is 0 Å². The van der Waals surface area contributed by atoms with Crippen molar-refractivity contribution in [2.45, 2.75) is 32.6 Å². The number of fused-ring (bicyclic) bond motifs is 1. The van der Waals surface area contributed by atoms with Gasteiger partial charge in [-0.15, -0.1) is 0 Å². The summed E-state index contributed by atoms with van der Waals surface area (Å²) in [6, 6.07) is 25.4. The van der Waals surface area contributed by atoms with Crippen molar-refractivity contribution in [3.05, 3.63) is 112 Å². The first kappa shape index (κ1) is 21.0. The van der Waals surface area contributed by atoms with Crippen molar-refractivity contribution in [2.24, 2.45) is 0 Å². The average Bonchev–Trinajstić information content (AvgIpc) is 2.79. The molecule has 0 radical (unpaired) electrons. The molecule has 1 N–H and O–H groups in total. The first-order valence-corrected chi connectivity index (χ1v) is 10.4. The number of hydrogen-bond donors (Lipinski definition) is 1. The van der Waals surface area contributed by atoms with E-state index in [0.717, 1.165) is 27.8 Å². The molecule has 2 atom stereocenters. The highest BCUT2D eigenvalue weighted by molar-refractivity contribution is 5.83. The maximum Gasteiger partial charge on any atom is 0.274 e. The van der Waals surface area contributed by atoms with E-state index in [0.29, 0.717) is 5.39 Å². The van der Waals surface area contributed by atoms with Gasteiger partial charge in [-0.2, -0.15) is 5.10 Å². The van der Waals surface area contributed by atoms with Gasteiger partial charge in [0.05, 0.1) is 30.3 Å². The molecule has 0 spiro atoms. The smallest absolute Gasteiger partial charge is 0.274 e. The van der Waals surface area contributed by atoms with E-state index in [2.05, 4.69) is 5.10 Å². The van der Waals surface area contributed by atoms with Crippen molar-refractivity contribution in [1.82, 2.24) is 9.78 Å². The SMILES string of the molecule is Cc1ccccc1[C@H](OC[C@@H](O)Cn1nc(C)c2ccccc2c1=O)c1ccccc1. The monoisotopic (exact) mass is 414 g/mol. The molecule has 0 aliphatic rings. The molecule has 1 aromatic heterocycles. The van der Waals surface area contributed by atoms with E-state index in [9.17, 15) is 9.90 Å². The van der Waals surface area contributed by atoms with E-state index in [1.165, 1.54) is 4.68 Å². The van der Waals surface area contributed by atoms with Crippen LogP contribution in [-0.4, -0.2) is 27.6 Å². The molecule has 3 aromatic carbocycles. The Hall–Kier alpha value is -3.28. The van der Waals surface area contributed by atoms with Crippen LogP contribution < -0.4 is 5.56 Å². The minimum Gasteiger partial charge on any atom is -0.389 e. The molecule has 1 heterocycles. The fraction of sp³-hybridized carbons (Fsp3) is 0.231. The molecule has 0 saturated heterocycles. The van der Waals surface area contributed by atoms with Gasteiger partial charge in [-0.3, -0.25) is 4.79 Å². The van der Waals surface area contributed by atoms with E-state index in [-0.39, 0.29) is 24.8 Å². The van der Waals surface area contributed by atoms with Crippen LogP contribution in [-0.2, 0) is 11.3 Å². The number of aryl methyl sites for hydroxylation is 2. The number of hydrogen-bond acceptors (Lipinski definition) is 4. The first-order valence-electron chi connectivity index (χ1n) is 10.4. The summed E-state index contributed by atoms with van der Waals surface area (Å²) in [6.07, 6.45) is -1.18. The molecule has 0 aliphatic carbocycles. The molecular formula is C26H26N2O3. The summed E-state index contributed by atoms with van der Waals surface area (Å²) in [5.74, 6) is 0. The van der Waals surface area contributed by atoms with Crippen molar-refractivity contribution in [3.63, 3.8) is 0 Å². The van der Waals surface area contributed by atoms with Crippen molar-refractivity contribution in [2.75, 3.05) is 6.61 Å². The maximum absolute atomic E-state index is 12.8. The standard InChI is InChI=1S/C26H26N2O3/c1-18-10-6-7-13-22(18)25(20-11-4-3-5-12-20)31-17-21(29)16-28-26(30)24-15-9-8-14-23(24)19(2)27-28/h3-15,21,25,29H,16-17H2,1-2H3/t21-,25+/m0/s1. The summed E-state index contributed by atoms with van der Waals surface area (Å²) >= 11 is 0. The lowest BCUT2D eigenvalue weighted by Crippen LogP contribution is -2.32. The lowest BCUT2D eigenvalue weighted by Gasteiger charge is -2.22. The second-order valence-corrected chi connectivity index (χ2v) is 7.75. The number of rotatable bonds is 7. The molecule has 158 valence electrons. The molecule has 0 amide bonds. The van der Waals surface area contributed by atoms with E-state index in [4.69, 9.17) is 4.74 Å². The minimum atomic E-state index is -0.874. The molecule has 0 bridgehead atoms.